The molecule has 3 aromatic heterocycles. The van der Waals surface area contributed by atoms with Crippen molar-refractivity contribution in [2.45, 2.75) is 13.3 Å². The third-order valence-electron chi connectivity index (χ3n) is 11.7. The highest BCUT2D eigenvalue weighted by molar-refractivity contribution is 6.17. The molecule has 0 N–H and O–H groups in total. The fraction of sp³-hybridized carbons (Fsp3) is 0.0364. The smallest absolute Gasteiger partial charge is 0.164 e. The van der Waals surface area contributed by atoms with E-state index >= 15 is 0 Å². The largest absolute Gasteiger partial charge is 0.456 e. The van der Waals surface area contributed by atoms with Crippen molar-refractivity contribution >= 4 is 56.8 Å². The van der Waals surface area contributed by atoms with Crippen molar-refractivity contribution in [2.75, 3.05) is 0 Å². The van der Waals surface area contributed by atoms with Crippen LogP contribution in [0.1, 0.15) is 23.7 Å². The first-order valence-electron chi connectivity index (χ1n) is 20.4. The van der Waals surface area contributed by atoms with Crippen LogP contribution >= 0.6 is 0 Å². The fourth-order valence-electron chi connectivity index (χ4n) is 8.79. The lowest BCUT2D eigenvalue weighted by molar-refractivity contribution is 0.669. The number of aromatic nitrogens is 4. The fourth-order valence-corrected chi connectivity index (χ4v) is 8.79. The normalized spacial score (nSPS) is 12.5. The summed E-state index contributed by atoms with van der Waals surface area (Å²) in [4.78, 5) is 23.7. The number of hydrogen-bond acceptors (Lipinski definition) is 6. The molecular formula is C55H37N5O. The van der Waals surface area contributed by atoms with Crippen LogP contribution in [0.15, 0.2) is 191 Å². The van der Waals surface area contributed by atoms with Gasteiger partial charge in [0, 0.05) is 39.2 Å². The van der Waals surface area contributed by atoms with Crippen LogP contribution in [0.5, 0.6) is 0 Å². The maximum Gasteiger partial charge on any atom is 0.164 e. The molecule has 0 saturated carbocycles. The molecule has 0 unspecified atom stereocenters. The van der Waals surface area contributed by atoms with Crippen LogP contribution in [0, 0.1) is 0 Å². The van der Waals surface area contributed by atoms with Gasteiger partial charge in [0.25, 0.3) is 0 Å². The van der Waals surface area contributed by atoms with E-state index in [1.165, 1.54) is 21.9 Å². The Bertz CT molecular complexity index is 3340. The summed E-state index contributed by atoms with van der Waals surface area (Å²) < 4.78 is 6.61. The van der Waals surface area contributed by atoms with Gasteiger partial charge in [0.2, 0.25) is 0 Å². The Hall–Kier alpha value is -8.09. The molecule has 0 radical (unpaired) electrons. The first kappa shape index (κ1) is 36.0. The third-order valence-corrected chi connectivity index (χ3v) is 11.7. The molecule has 1 aliphatic carbocycles. The lowest BCUT2D eigenvalue weighted by Crippen LogP contribution is -2.00. The van der Waals surface area contributed by atoms with Gasteiger partial charge in [-0.3, -0.25) is 9.98 Å². The Morgan fingerprint density at radius 1 is 0.574 bits per heavy atom. The zero-order valence-electron chi connectivity index (χ0n) is 33.4. The van der Waals surface area contributed by atoms with Gasteiger partial charge in [0.15, 0.2) is 17.5 Å². The molecule has 288 valence electrons. The molecule has 0 bridgehead atoms. The summed E-state index contributed by atoms with van der Waals surface area (Å²) in [5.74, 6) is 1.92. The molecule has 61 heavy (non-hydrogen) atoms. The molecule has 0 atom stereocenters. The topological polar surface area (TPSA) is 77.1 Å². The molecule has 0 fully saturated rings. The van der Waals surface area contributed by atoms with E-state index < -0.39 is 0 Å². The van der Waals surface area contributed by atoms with E-state index in [1.54, 1.807) is 0 Å². The van der Waals surface area contributed by atoms with Crippen LogP contribution in [-0.4, -0.2) is 26.7 Å². The van der Waals surface area contributed by atoms with Gasteiger partial charge in [-0.25, -0.2) is 15.0 Å². The molecule has 6 nitrogen and oxygen atoms in total. The van der Waals surface area contributed by atoms with E-state index in [0.29, 0.717) is 17.5 Å². The maximum absolute atomic E-state index is 6.61. The second-order valence-electron chi connectivity index (χ2n) is 15.2. The van der Waals surface area contributed by atoms with E-state index in [-0.39, 0.29) is 0 Å². The van der Waals surface area contributed by atoms with Crippen molar-refractivity contribution in [3.8, 4) is 56.4 Å². The van der Waals surface area contributed by atoms with E-state index in [9.17, 15) is 0 Å². The summed E-state index contributed by atoms with van der Waals surface area (Å²) in [7, 11) is 0. The summed E-state index contributed by atoms with van der Waals surface area (Å²) in [5.41, 5.74) is 15.4. The molecule has 11 rings (SSSR count). The number of rotatable bonds is 8. The second kappa shape index (κ2) is 14.9. The highest BCUT2D eigenvalue weighted by atomic mass is 16.3. The van der Waals surface area contributed by atoms with E-state index in [0.717, 1.165) is 89.8 Å². The second-order valence-corrected chi connectivity index (χ2v) is 15.2. The van der Waals surface area contributed by atoms with Crippen molar-refractivity contribution in [1.82, 2.24) is 19.9 Å². The number of hydrogen-bond donors (Lipinski definition) is 0. The molecule has 1 aliphatic rings. The van der Waals surface area contributed by atoms with Gasteiger partial charge in [-0.05, 0) is 100 Å². The zero-order valence-corrected chi connectivity index (χ0v) is 33.4. The number of nitrogens with zero attached hydrogens (tertiary/aromatic N) is 5. The van der Waals surface area contributed by atoms with Gasteiger partial charge in [0.1, 0.15) is 11.2 Å². The summed E-state index contributed by atoms with van der Waals surface area (Å²) in [5, 5.41) is 4.58. The van der Waals surface area contributed by atoms with Crippen LogP contribution in [0.2, 0.25) is 0 Å². The highest BCUT2D eigenvalue weighted by Crippen LogP contribution is 2.44. The Morgan fingerprint density at radius 2 is 1.20 bits per heavy atom. The highest BCUT2D eigenvalue weighted by Gasteiger charge is 2.23. The minimum atomic E-state index is 0.632. The predicted molar refractivity (Wildman–Crippen MR) is 251 cm³/mol. The Morgan fingerprint density at radius 3 is 1.87 bits per heavy atom. The molecule has 7 aromatic carbocycles. The average Bonchev–Trinajstić information content (AvgIpc) is 3.91. The summed E-state index contributed by atoms with van der Waals surface area (Å²) in [6, 6.07) is 56.6. The van der Waals surface area contributed by atoms with Gasteiger partial charge in [-0.2, -0.15) is 0 Å². The van der Waals surface area contributed by atoms with Crippen molar-refractivity contribution in [3.63, 3.8) is 0 Å². The van der Waals surface area contributed by atoms with Gasteiger partial charge >= 0.3 is 0 Å². The van der Waals surface area contributed by atoms with E-state index in [1.807, 2.05) is 79.0 Å². The van der Waals surface area contributed by atoms with E-state index in [2.05, 4.69) is 127 Å². The molecule has 6 heteroatoms. The summed E-state index contributed by atoms with van der Waals surface area (Å²) in [6.07, 6.45) is 6.98. The van der Waals surface area contributed by atoms with Crippen LogP contribution in [0.25, 0.3) is 101 Å². The summed E-state index contributed by atoms with van der Waals surface area (Å²) in [6.45, 7) is 5.84. The molecule has 0 amide bonds. The van der Waals surface area contributed by atoms with Crippen LogP contribution in [-0.2, 0) is 6.42 Å². The number of furan rings is 1. The first-order valence-corrected chi connectivity index (χ1v) is 20.4. The summed E-state index contributed by atoms with van der Waals surface area (Å²) >= 11 is 0. The quantitative estimate of drug-likeness (QED) is 0.143. The first-order chi connectivity index (χ1) is 30.1. The number of aliphatic imine (C=N–C) groups is 1. The zero-order chi connectivity index (χ0) is 40.9. The maximum atomic E-state index is 6.61. The van der Waals surface area contributed by atoms with Crippen molar-refractivity contribution in [2.24, 2.45) is 4.99 Å². The van der Waals surface area contributed by atoms with Gasteiger partial charge in [-0.1, -0.05) is 146 Å². The Labute approximate surface area is 353 Å². The SMILES string of the molecule is C=Nc1cccnc1/C(=C\C)C1=Cc2cc3oc4cccc(-c5ccc(-c6ccc(-c7nc(-c8ccccc8)nc(-c8ccccc8)n7)cc6)c6ccccc56)c4c3cc2C1. The number of allylic oxidation sites excluding steroid dienone is 3. The Balaban J connectivity index is 0.963. The Kier molecular flexibility index (Phi) is 8.82. The van der Waals surface area contributed by atoms with Crippen LogP contribution < -0.4 is 0 Å². The van der Waals surface area contributed by atoms with Gasteiger partial charge < -0.3 is 4.42 Å². The lowest BCUT2D eigenvalue weighted by Gasteiger charge is -2.14. The lowest BCUT2D eigenvalue weighted by atomic mass is 9.90. The molecular weight excluding hydrogens is 747 g/mol. The number of benzene rings is 7. The predicted octanol–water partition coefficient (Wildman–Crippen LogP) is 14.0. The average molecular weight is 784 g/mol. The van der Waals surface area contributed by atoms with Gasteiger partial charge in [0.05, 0.1) is 11.4 Å². The minimum absolute atomic E-state index is 0.632. The van der Waals surface area contributed by atoms with Crippen molar-refractivity contribution < 1.29 is 4.42 Å². The molecule has 10 aromatic rings. The van der Waals surface area contributed by atoms with Crippen molar-refractivity contribution in [3.05, 3.63) is 198 Å². The van der Waals surface area contributed by atoms with E-state index in [4.69, 9.17) is 19.4 Å². The van der Waals surface area contributed by atoms with Crippen LogP contribution in [0.4, 0.5) is 5.69 Å². The molecule has 0 spiro atoms. The third kappa shape index (κ3) is 6.33. The van der Waals surface area contributed by atoms with Gasteiger partial charge in [-0.15, -0.1) is 0 Å². The molecule has 3 heterocycles. The minimum Gasteiger partial charge on any atom is -0.456 e. The van der Waals surface area contributed by atoms with Crippen molar-refractivity contribution in [1.29, 1.82) is 0 Å². The molecule has 0 aliphatic heterocycles. The monoisotopic (exact) mass is 783 g/mol. The number of pyridine rings is 1. The number of fused-ring (bicyclic) bond motifs is 5. The van der Waals surface area contributed by atoms with Crippen LogP contribution in [0.3, 0.4) is 0 Å². The molecule has 0 saturated heterocycles. The standard InChI is InChI=1S/C55H37N5O/c1-3-41(52-48(56-2)21-13-29-57-52)40-30-38-32-47-50(33-39(38)31-40)61-49-22-12-20-46(51(47)49)45-28-27-42(43-18-10-11-19-44(43)45)34-23-25-37(26-24-34)55-59-53(35-14-6-4-7-15-35)58-54(60-55)36-16-8-5-9-17-36/h3-29,31-33H,2,30H2,1H3/b41-3-.